The first kappa shape index (κ1) is 20.4. The van der Waals surface area contributed by atoms with E-state index in [0.717, 1.165) is 22.4 Å². The number of furan rings is 1. The second-order valence-corrected chi connectivity index (χ2v) is 7.42. The lowest BCUT2D eigenvalue weighted by molar-refractivity contribution is -0.120. The van der Waals surface area contributed by atoms with Crippen LogP contribution in [0.15, 0.2) is 71.3 Å². The van der Waals surface area contributed by atoms with Crippen molar-refractivity contribution in [2.24, 2.45) is 0 Å². The van der Waals surface area contributed by atoms with E-state index in [1.807, 2.05) is 63.2 Å². The predicted molar refractivity (Wildman–Crippen MR) is 114 cm³/mol. The maximum atomic E-state index is 13.0. The van der Waals surface area contributed by atoms with Crippen LogP contribution in [0.2, 0.25) is 0 Å². The van der Waals surface area contributed by atoms with Gasteiger partial charge in [0.05, 0.1) is 19.2 Å². The molecule has 1 N–H and O–H groups in total. The van der Waals surface area contributed by atoms with Crippen molar-refractivity contribution in [2.45, 2.75) is 39.8 Å². The topological polar surface area (TPSA) is 62.6 Å². The molecule has 0 aliphatic rings. The predicted octanol–water partition coefficient (Wildman–Crippen LogP) is 4.50. The summed E-state index contributed by atoms with van der Waals surface area (Å²) in [7, 11) is 0. The minimum atomic E-state index is -0.207. The lowest BCUT2D eigenvalue weighted by atomic mass is 10.1. The lowest BCUT2D eigenvalue weighted by Crippen LogP contribution is -2.31. The monoisotopic (exact) mass is 390 g/mol. The zero-order chi connectivity index (χ0) is 20.8. The molecule has 1 heterocycles. The van der Waals surface area contributed by atoms with E-state index < -0.39 is 0 Å². The first-order valence-corrected chi connectivity index (χ1v) is 9.71. The second-order valence-electron chi connectivity index (χ2n) is 7.42. The van der Waals surface area contributed by atoms with Crippen molar-refractivity contribution in [2.75, 3.05) is 4.90 Å². The number of nitrogens with one attached hydrogen (secondary N) is 1. The van der Waals surface area contributed by atoms with Crippen molar-refractivity contribution >= 4 is 17.5 Å². The highest BCUT2D eigenvalue weighted by molar-refractivity contribution is 6.04. The van der Waals surface area contributed by atoms with Gasteiger partial charge in [0.15, 0.2) is 5.76 Å². The molecule has 0 saturated carbocycles. The molecule has 0 unspecified atom stereocenters. The highest BCUT2D eigenvalue weighted by Gasteiger charge is 2.20. The van der Waals surface area contributed by atoms with Gasteiger partial charge in [0.2, 0.25) is 5.91 Å². The van der Waals surface area contributed by atoms with Gasteiger partial charge in [0.25, 0.3) is 5.91 Å². The van der Waals surface area contributed by atoms with E-state index in [0.29, 0.717) is 13.0 Å². The summed E-state index contributed by atoms with van der Waals surface area (Å²) in [5.41, 5.74) is 3.82. The molecule has 3 aromatic rings. The van der Waals surface area contributed by atoms with Crippen molar-refractivity contribution in [1.82, 2.24) is 5.32 Å². The van der Waals surface area contributed by atoms with Crippen molar-refractivity contribution < 1.29 is 14.0 Å². The SMILES string of the molecule is Cc1cccc(CN(C(=O)c2ccco2)c2ccc(CC(=O)NC(C)C)cc2)c1. The molecule has 2 aromatic carbocycles. The summed E-state index contributed by atoms with van der Waals surface area (Å²) in [4.78, 5) is 26.7. The first-order chi connectivity index (χ1) is 13.9. The molecule has 0 aliphatic heterocycles. The molecule has 3 rings (SSSR count). The Kier molecular flexibility index (Phi) is 6.50. The van der Waals surface area contributed by atoms with E-state index >= 15 is 0 Å². The molecule has 0 fully saturated rings. The summed E-state index contributed by atoms with van der Waals surface area (Å²) in [6, 6.07) is 19.1. The standard InChI is InChI=1S/C24H26N2O3/c1-17(2)25-23(27)15-19-9-11-21(12-10-19)26(24(28)22-8-5-13-29-22)16-20-7-4-6-18(3)14-20/h4-14,17H,15-16H2,1-3H3,(H,25,27). The zero-order valence-corrected chi connectivity index (χ0v) is 17.0. The van der Waals surface area contributed by atoms with Crippen LogP contribution in [-0.2, 0) is 17.8 Å². The summed E-state index contributed by atoms with van der Waals surface area (Å²) < 4.78 is 5.33. The molecule has 0 radical (unpaired) electrons. The summed E-state index contributed by atoms with van der Waals surface area (Å²) in [6.45, 7) is 6.32. The molecule has 0 bridgehead atoms. The van der Waals surface area contributed by atoms with E-state index in [2.05, 4.69) is 11.4 Å². The third-order valence-corrected chi connectivity index (χ3v) is 4.46. The molecule has 5 nitrogen and oxygen atoms in total. The highest BCUT2D eigenvalue weighted by atomic mass is 16.3. The number of aryl methyl sites for hydroxylation is 1. The summed E-state index contributed by atoms with van der Waals surface area (Å²) in [6.07, 6.45) is 1.80. The number of carbonyl (C=O) groups excluding carboxylic acids is 2. The molecule has 5 heteroatoms. The third-order valence-electron chi connectivity index (χ3n) is 4.46. The molecular weight excluding hydrogens is 364 g/mol. The van der Waals surface area contributed by atoms with Crippen LogP contribution in [0, 0.1) is 6.92 Å². The van der Waals surface area contributed by atoms with Crippen LogP contribution in [-0.4, -0.2) is 17.9 Å². The average Bonchev–Trinajstić information content (AvgIpc) is 3.20. The van der Waals surface area contributed by atoms with Gasteiger partial charge < -0.3 is 14.6 Å². The van der Waals surface area contributed by atoms with E-state index in [1.54, 1.807) is 17.0 Å². The summed E-state index contributed by atoms with van der Waals surface area (Å²) >= 11 is 0. The molecule has 29 heavy (non-hydrogen) atoms. The van der Waals surface area contributed by atoms with Crippen LogP contribution in [0.5, 0.6) is 0 Å². The van der Waals surface area contributed by atoms with Crippen LogP contribution < -0.4 is 10.2 Å². The average molecular weight is 390 g/mol. The van der Waals surface area contributed by atoms with Gasteiger partial charge in [-0.1, -0.05) is 42.0 Å². The molecule has 2 amide bonds. The van der Waals surface area contributed by atoms with Crippen LogP contribution in [0.4, 0.5) is 5.69 Å². The van der Waals surface area contributed by atoms with Gasteiger partial charge in [-0.25, -0.2) is 0 Å². The fourth-order valence-corrected chi connectivity index (χ4v) is 3.16. The Labute approximate surface area is 171 Å². The highest BCUT2D eigenvalue weighted by Crippen LogP contribution is 2.22. The third kappa shape index (κ3) is 5.57. The number of benzene rings is 2. The number of carbonyl (C=O) groups is 2. The molecule has 0 spiro atoms. The van der Waals surface area contributed by atoms with Crippen LogP contribution in [0.3, 0.4) is 0 Å². The number of hydrogen-bond acceptors (Lipinski definition) is 3. The molecule has 0 atom stereocenters. The normalized spacial score (nSPS) is 10.8. The van der Waals surface area contributed by atoms with Crippen molar-refractivity contribution in [1.29, 1.82) is 0 Å². The fourth-order valence-electron chi connectivity index (χ4n) is 3.16. The Morgan fingerprint density at radius 1 is 1.00 bits per heavy atom. The van der Waals surface area contributed by atoms with Crippen molar-refractivity contribution in [3.8, 4) is 0 Å². The summed E-state index contributed by atoms with van der Waals surface area (Å²) in [5.74, 6) is 0.0656. The van der Waals surface area contributed by atoms with E-state index in [4.69, 9.17) is 4.42 Å². The van der Waals surface area contributed by atoms with E-state index in [9.17, 15) is 9.59 Å². The van der Waals surface area contributed by atoms with Crippen LogP contribution in [0.1, 0.15) is 41.1 Å². The Balaban J connectivity index is 1.83. The minimum absolute atomic E-state index is 0.0176. The molecule has 1 aromatic heterocycles. The molecule has 0 aliphatic carbocycles. The summed E-state index contributed by atoms with van der Waals surface area (Å²) in [5, 5.41) is 2.89. The zero-order valence-electron chi connectivity index (χ0n) is 17.0. The van der Waals surface area contributed by atoms with Crippen molar-refractivity contribution in [3.63, 3.8) is 0 Å². The minimum Gasteiger partial charge on any atom is -0.459 e. The second kappa shape index (κ2) is 9.24. The smallest absolute Gasteiger partial charge is 0.294 e. The number of amides is 2. The van der Waals surface area contributed by atoms with Gasteiger partial charge in [-0.05, 0) is 56.2 Å². The Hall–Kier alpha value is -3.34. The van der Waals surface area contributed by atoms with Gasteiger partial charge in [-0.15, -0.1) is 0 Å². The maximum Gasteiger partial charge on any atom is 0.294 e. The van der Waals surface area contributed by atoms with Gasteiger partial charge in [0.1, 0.15) is 0 Å². The number of rotatable bonds is 7. The van der Waals surface area contributed by atoms with Crippen molar-refractivity contribution in [3.05, 3.63) is 89.4 Å². The van der Waals surface area contributed by atoms with Crippen LogP contribution >= 0.6 is 0 Å². The molecule has 150 valence electrons. The Bertz CT molecular complexity index is 960. The van der Waals surface area contributed by atoms with Crippen LogP contribution in [0.25, 0.3) is 0 Å². The van der Waals surface area contributed by atoms with Gasteiger partial charge in [-0.2, -0.15) is 0 Å². The van der Waals surface area contributed by atoms with Gasteiger partial charge >= 0.3 is 0 Å². The van der Waals surface area contributed by atoms with E-state index in [1.165, 1.54) is 6.26 Å². The number of nitrogens with zero attached hydrogens (tertiary/aromatic N) is 1. The number of hydrogen-bond donors (Lipinski definition) is 1. The maximum absolute atomic E-state index is 13.0. The van der Waals surface area contributed by atoms with Gasteiger partial charge in [-0.3, -0.25) is 9.59 Å². The van der Waals surface area contributed by atoms with Gasteiger partial charge in [0, 0.05) is 11.7 Å². The molecule has 0 saturated heterocycles. The fraction of sp³-hybridized carbons (Fsp3) is 0.250. The number of anilines is 1. The quantitative estimate of drug-likeness (QED) is 0.646. The lowest BCUT2D eigenvalue weighted by Gasteiger charge is -2.22. The molecular formula is C24H26N2O3. The first-order valence-electron chi connectivity index (χ1n) is 9.71. The van der Waals surface area contributed by atoms with E-state index in [-0.39, 0.29) is 23.6 Å². The Morgan fingerprint density at radius 3 is 2.38 bits per heavy atom. The Morgan fingerprint density at radius 2 is 1.76 bits per heavy atom. The largest absolute Gasteiger partial charge is 0.459 e.